The van der Waals surface area contributed by atoms with E-state index in [1.165, 1.54) is 6.08 Å². The van der Waals surface area contributed by atoms with Crippen LogP contribution in [0, 0.1) is 6.92 Å². The lowest BCUT2D eigenvalue weighted by Gasteiger charge is -2.07. The van der Waals surface area contributed by atoms with Crippen molar-refractivity contribution >= 4 is 35.5 Å². The van der Waals surface area contributed by atoms with Crippen LogP contribution in [0.2, 0.25) is 5.02 Å². The zero-order chi connectivity index (χ0) is 21.1. The molecule has 1 aliphatic heterocycles. The maximum atomic E-state index is 12.4. The first-order valence-corrected chi connectivity index (χ1v) is 9.54. The monoisotopic (exact) mass is 417 g/mol. The van der Waals surface area contributed by atoms with Gasteiger partial charge in [-0.05, 0) is 55.5 Å². The third-order valence-electron chi connectivity index (χ3n) is 4.41. The average Bonchev–Trinajstić information content (AvgIpc) is 3.10. The summed E-state index contributed by atoms with van der Waals surface area (Å²) >= 11 is 5.86. The number of hydrogen-bond donors (Lipinski definition) is 0. The molecule has 0 saturated heterocycles. The summed E-state index contributed by atoms with van der Waals surface area (Å²) in [5.41, 5.74) is 2.82. The molecule has 3 aromatic rings. The molecule has 0 unspecified atom stereocenters. The minimum Gasteiger partial charge on any atom is -0.422 e. The van der Waals surface area contributed by atoms with Crippen molar-refractivity contribution in [1.82, 2.24) is 0 Å². The molecule has 0 amide bonds. The topological polar surface area (TPSA) is 65.0 Å². The van der Waals surface area contributed by atoms with Crippen molar-refractivity contribution < 1.29 is 19.1 Å². The molecule has 1 heterocycles. The highest BCUT2D eigenvalue weighted by atomic mass is 35.5. The second kappa shape index (κ2) is 8.35. The van der Waals surface area contributed by atoms with E-state index < -0.39 is 11.9 Å². The van der Waals surface area contributed by atoms with Crippen molar-refractivity contribution in [1.29, 1.82) is 0 Å². The van der Waals surface area contributed by atoms with E-state index in [9.17, 15) is 9.59 Å². The molecule has 0 aromatic heterocycles. The van der Waals surface area contributed by atoms with Crippen molar-refractivity contribution in [3.8, 4) is 5.75 Å². The highest BCUT2D eigenvalue weighted by Gasteiger charge is 2.24. The lowest BCUT2D eigenvalue weighted by atomic mass is 10.1. The molecule has 0 fully saturated rings. The fourth-order valence-corrected chi connectivity index (χ4v) is 2.94. The maximum Gasteiger partial charge on any atom is 0.363 e. The number of esters is 2. The van der Waals surface area contributed by atoms with Crippen molar-refractivity contribution in [2.45, 2.75) is 6.92 Å². The van der Waals surface area contributed by atoms with Gasteiger partial charge in [-0.15, -0.1) is 0 Å². The van der Waals surface area contributed by atoms with Gasteiger partial charge in [-0.3, -0.25) is 0 Å². The molecule has 6 heteroatoms. The van der Waals surface area contributed by atoms with Crippen LogP contribution in [-0.4, -0.2) is 17.8 Å². The van der Waals surface area contributed by atoms with Gasteiger partial charge in [0.05, 0.1) is 5.56 Å². The smallest absolute Gasteiger partial charge is 0.363 e. The summed E-state index contributed by atoms with van der Waals surface area (Å²) in [6.45, 7) is 1.97. The zero-order valence-electron chi connectivity index (χ0n) is 16.0. The zero-order valence-corrected chi connectivity index (χ0v) is 16.7. The molecular weight excluding hydrogens is 402 g/mol. The van der Waals surface area contributed by atoms with Crippen LogP contribution in [0.15, 0.2) is 83.5 Å². The lowest BCUT2D eigenvalue weighted by Crippen LogP contribution is -2.09. The molecule has 5 nitrogen and oxygen atoms in total. The quantitative estimate of drug-likeness (QED) is 0.332. The van der Waals surface area contributed by atoms with Crippen LogP contribution in [0.3, 0.4) is 0 Å². The predicted octanol–water partition coefficient (Wildman–Crippen LogP) is 5.21. The average molecular weight is 418 g/mol. The van der Waals surface area contributed by atoms with Crippen LogP contribution in [0.1, 0.15) is 27.0 Å². The van der Waals surface area contributed by atoms with Gasteiger partial charge in [0.15, 0.2) is 5.70 Å². The van der Waals surface area contributed by atoms with Crippen LogP contribution < -0.4 is 4.74 Å². The summed E-state index contributed by atoms with van der Waals surface area (Å²) < 4.78 is 10.8. The van der Waals surface area contributed by atoms with Crippen LogP contribution in [0.25, 0.3) is 6.08 Å². The number of aryl methyl sites for hydroxylation is 1. The summed E-state index contributed by atoms with van der Waals surface area (Å²) in [6.07, 6.45) is 1.54. The number of benzene rings is 3. The van der Waals surface area contributed by atoms with Crippen LogP contribution in [-0.2, 0) is 9.53 Å². The van der Waals surface area contributed by atoms with Gasteiger partial charge in [-0.1, -0.05) is 47.5 Å². The maximum absolute atomic E-state index is 12.4. The van der Waals surface area contributed by atoms with Gasteiger partial charge >= 0.3 is 11.9 Å². The minimum absolute atomic E-state index is 0.126. The number of hydrogen-bond acceptors (Lipinski definition) is 5. The van der Waals surface area contributed by atoms with Gasteiger partial charge in [0, 0.05) is 16.1 Å². The highest BCUT2D eigenvalue weighted by Crippen LogP contribution is 2.25. The Bertz CT molecular complexity index is 1180. The molecule has 30 heavy (non-hydrogen) atoms. The number of halogens is 1. The first kappa shape index (κ1) is 19.6. The van der Waals surface area contributed by atoms with E-state index in [0.717, 1.165) is 5.56 Å². The van der Waals surface area contributed by atoms with E-state index in [1.807, 2.05) is 31.2 Å². The summed E-state index contributed by atoms with van der Waals surface area (Å²) in [6, 6.07) is 20.8. The Morgan fingerprint density at radius 2 is 1.70 bits per heavy atom. The van der Waals surface area contributed by atoms with Gasteiger partial charge in [-0.25, -0.2) is 14.6 Å². The minimum atomic E-state index is -0.565. The molecule has 0 N–H and O–H groups in total. The fourth-order valence-electron chi connectivity index (χ4n) is 2.81. The number of ether oxygens (including phenoxy) is 2. The van der Waals surface area contributed by atoms with E-state index in [0.29, 0.717) is 27.5 Å². The van der Waals surface area contributed by atoms with Gasteiger partial charge in [0.2, 0.25) is 5.90 Å². The van der Waals surface area contributed by atoms with Gasteiger partial charge in [-0.2, -0.15) is 0 Å². The molecule has 1 aliphatic rings. The second-order valence-electron chi connectivity index (χ2n) is 6.64. The molecule has 0 bridgehead atoms. The number of aliphatic imine (C=N–C) groups is 1. The Morgan fingerprint density at radius 3 is 2.43 bits per heavy atom. The molecule has 0 atom stereocenters. The third kappa shape index (κ3) is 4.31. The van der Waals surface area contributed by atoms with Crippen molar-refractivity contribution in [3.63, 3.8) is 0 Å². The van der Waals surface area contributed by atoms with Crippen molar-refractivity contribution in [2.75, 3.05) is 0 Å². The molecule has 0 spiro atoms. The Morgan fingerprint density at radius 1 is 1.00 bits per heavy atom. The van der Waals surface area contributed by atoms with E-state index in [2.05, 4.69) is 4.99 Å². The molecule has 3 aromatic carbocycles. The number of cyclic esters (lactones) is 1. The second-order valence-corrected chi connectivity index (χ2v) is 7.07. The highest BCUT2D eigenvalue weighted by molar-refractivity contribution is 6.30. The summed E-state index contributed by atoms with van der Waals surface area (Å²) in [4.78, 5) is 29.0. The molecule has 0 saturated carbocycles. The van der Waals surface area contributed by atoms with Gasteiger partial charge < -0.3 is 9.47 Å². The van der Waals surface area contributed by atoms with Crippen LogP contribution >= 0.6 is 11.6 Å². The molecule has 0 aliphatic carbocycles. The number of para-hydroxylation sites is 1. The Labute approximate surface area is 178 Å². The van der Waals surface area contributed by atoms with E-state index >= 15 is 0 Å². The van der Waals surface area contributed by atoms with Gasteiger partial charge in [0.1, 0.15) is 5.75 Å². The van der Waals surface area contributed by atoms with Gasteiger partial charge in [0.25, 0.3) is 0 Å². The summed E-state index contributed by atoms with van der Waals surface area (Å²) in [7, 11) is 0. The lowest BCUT2D eigenvalue weighted by molar-refractivity contribution is -0.129. The predicted molar refractivity (Wildman–Crippen MR) is 115 cm³/mol. The van der Waals surface area contributed by atoms with E-state index in [4.69, 9.17) is 21.1 Å². The van der Waals surface area contributed by atoms with Crippen molar-refractivity contribution in [2.24, 2.45) is 4.99 Å². The van der Waals surface area contributed by atoms with Crippen LogP contribution in [0.5, 0.6) is 5.75 Å². The Balaban J connectivity index is 1.61. The summed E-state index contributed by atoms with van der Waals surface area (Å²) in [5, 5.41) is 0.527. The number of nitrogens with zero attached hydrogens (tertiary/aromatic N) is 1. The first-order valence-electron chi connectivity index (χ1n) is 9.16. The largest absolute Gasteiger partial charge is 0.422 e. The number of carbonyl (C=O) groups excluding carboxylic acids is 2. The summed E-state index contributed by atoms with van der Waals surface area (Å²) in [5.74, 6) is -0.557. The Kier molecular flexibility index (Phi) is 5.46. The SMILES string of the molecule is Cc1ccc(C2=NC(=Cc3ccccc3OC(=O)c3ccc(Cl)cc3)C(=O)O2)cc1. The molecule has 4 rings (SSSR count). The Hall–Kier alpha value is -3.70. The third-order valence-corrected chi connectivity index (χ3v) is 4.66. The molecule has 0 radical (unpaired) electrons. The van der Waals surface area contributed by atoms with Crippen molar-refractivity contribution in [3.05, 3.63) is 106 Å². The molecular formula is C24H16ClNO4. The number of carbonyl (C=O) groups is 2. The normalized spacial score (nSPS) is 14.4. The first-order chi connectivity index (χ1) is 14.5. The van der Waals surface area contributed by atoms with Crippen LogP contribution in [0.4, 0.5) is 0 Å². The fraction of sp³-hybridized carbons (Fsp3) is 0.0417. The van der Waals surface area contributed by atoms with E-state index in [1.54, 1.807) is 48.5 Å². The number of rotatable bonds is 4. The molecule has 148 valence electrons. The van der Waals surface area contributed by atoms with E-state index in [-0.39, 0.29) is 11.6 Å². The standard InChI is InChI=1S/C24H16ClNO4/c1-15-6-8-16(9-7-15)22-26-20(24(28)30-22)14-18-4-2-3-5-21(18)29-23(27)17-10-12-19(25)13-11-17/h2-14H,1H3.